The molecular weight excluding hydrogens is 274 g/mol. The lowest BCUT2D eigenvalue weighted by Gasteiger charge is -2.38. The Morgan fingerprint density at radius 2 is 2.16 bits per heavy atom. The summed E-state index contributed by atoms with van der Waals surface area (Å²) in [6.07, 6.45) is 9.21. The van der Waals surface area contributed by atoms with Gasteiger partial charge >= 0.3 is 0 Å². The summed E-state index contributed by atoms with van der Waals surface area (Å²) >= 11 is 7.98. The van der Waals surface area contributed by atoms with Crippen LogP contribution in [0.4, 0.5) is 0 Å². The summed E-state index contributed by atoms with van der Waals surface area (Å²) in [6, 6.07) is 3.44. The number of fused-ring (bicyclic) bond motifs is 1. The average Bonchev–Trinajstić information content (AvgIpc) is 2.69. The molecule has 0 amide bonds. The van der Waals surface area contributed by atoms with E-state index >= 15 is 0 Å². The Morgan fingerprint density at radius 3 is 2.95 bits per heavy atom. The lowest BCUT2D eigenvalue weighted by atomic mass is 9.74. The van der Waals surface area contributed by atoms with Crippen LogP contribution in [0.2, 0.25) is 4.34 Å². The predicted molar refractivity (Wildman–Crippen MR) is 84.2 cm³/mol. The van der Waals surface area contributed by atoms with E-state index in [4.69, 9.17) is 11.6 Å². The molecule has 2 unspecified atom stereocenters. The van der Waals surface area contributed by atoms with E-state index in [1.807, 2.05) is 0 Å². The first-order chi connectivity index (χ1) is 9.03. The summed E-state index contributed by atoms with van der Waals surface area (Å²) < 4.78 is 0.961. The lowest BCUT2D eigenvalue weighted by Crippen LogP contribution is -2.40. The van der Waals surface area contributed by atoms with Crippen LogP contribution in [0.25, 0.3) is 0 Å². The summed E-state index contributed by atoms with van der Waals surface area (Å²) in [6.45, 7) is 4.82. The third-order valence-corrected chi connectivity index (χ3v) is 6.07. The van der Waals surface area contributed by atoms with Crippen LogP contribution in [0.1, 0.15) is 68.9 Å². The number of rotatable bonds is 2. The van der Waals surface area contributed by atoms with Gasteiger partial charge in [-0.15, -0.1) is 11.3 Å². The van der Waals surface area contributed by atoms with Gasteiger partial charge < -0.3 is 5.32 Å². The summed E-state index contributed by atoms with van der Waals surface area (Å²) in [7, 11) is 0. The molecule has 3 rings (SSSR count). The first-order valence-electron chi connectivity index (χ1n) is 7.58. The highest BCUT2D eigenvalue weighted by atomic mass is 35.5. The third-order valence-electron chi connectivity index (χ3n) is 4.73. The minimum Gasteiger partial charge on any atom is -0.307 e. The average molecular weight is 298 g/mol. The molecule has 0 aromatic carbocycles. The molecule has 19 heavy (non-hydrogen) atoms. The van der Waals surface area contributed by atoms with Gasteiger partial charge in [-0.2, -0.15) is 0 Å². The fraction of sp³-hybridized carbons (Fsp3) is 0.750. The smallest absolute Gasteiger partial charge is 0.0934 e. The minimum atomic E-state index is 0.514. The fourth-order valence-corrected chi connectivity index (χ4v) is 5.20. The Balaban J connectivity index is 1.70. The molecule has 0 saturated heterocycles. The van der Waals surface area contributed by atoms with Gasteiger partial charge in [0.25, 0.3) is 0 Å². The van der Waals surface area contributed by atoms with Gasteiger partial charge in [0.1, 0.15) is 0 Å². The maximum atomic E-state index is 6.19. The van der Waals surface area contributed by atoms with E-state index in [0.29, 0.717) is 17.5 Å². The van der Waals surface area contributed by atoms with E-state index in [0.717, 1.165) is 4.34 Å². The highest BCUT2D eigenvalue weighted by Gasteiger charge is 2.31. The summed E-state index contributed by atoms with van der Waals surface area (Å²) in [4.78, 5) is 1.52. The van der Waals surface area contributed by atoms with Gasteiger partial charge in [-0.05, 0) is 55.6 Å². The van der Waals surface area contributed by atoms with Crippen LogP contribution in [0.5, 0.6) is 0 Å². The van der Waals surface area contributed by atoms with Gasteiger partial charge in [0.15, 0.2) is 0 Å². The van der Waals surface area contributed by atoms with Crippen LogP contribution < -0.4 is 5.32 Å². The zero-order valence-corrected chi connectivity index (χ0v) is 13.5. The second-order valence-electron chi connectivity index (χ2n) is 7.00. The topological polar surface area (TPSA) is 12.0 Å². The Labute approximate surface area is 125 Å². The van der Waals surface area contributed by atoms with Crippen LogP contribution in [0.3, 0.4) is 0 Å². The van der Waals surface area contributed by atoms with Crippen molar-refractivity contribution in [2.75, 3.05) is 0 Å². The molecule has 2 atom stereocenters. The normalized spacial score (nSPS) is 30.1. The molecule has 3 heteroatoms. The highest BCUT2D eigenvalue weighted by molar-refractivity contribution is 7.16. The number of hydrogen-bond acceptors (Lipinski definition) is 2. The lowest BCUT2D eigenvalue weighted by molar-refractivity contribution is 0.186. The highest BCUT2D eigenvalue weighted by Crippen LogP contribution is 2.40. The molecular formula is C16H24ClNS. The fourth-order valence-electron chi connectivity index (χ4n) is 3.82. The molecule has 0 bridgehead atoms. The first-order valence-corrected chi connectivity index (χ1v) is 8.77. The molecule has 2 aliphatic carbocycles. The largest absolute Gasteiger partial charge is 0.307 e. The zero-order valence-electron chi connectivity index (χ0n) is 12.0. The molecule has 0 aliphatic heterocycles. The zero-order chi connectivity index (χ0) is 13.5. The van der Waals surface area contributed by atoms with Gasteiger partial charge in [-0.1, -0.05) is 31.9 Å². The number of nitrogens with one attached hydrogen (secondary N) is 1. The molecule has 1 nitrogen and oxygen atoms in total. The number of aryl methyl sites for hydroxylation is 1. The molecule has 1 N–H and O–H groups in total. The summed E-state index contributed by atoms with van der Waals surface area (Å²) in [5.41, 5.74) is 2.00. The van der Waals surface area contributed by atoms with Crippen molar-refractivity contribution in [3.8, 4) is 0 Å². The number of hydrogen-bond donors (Lipinski definition) is 1. The molecule has 2 aliphatic rings. The standard InChI is InChI=1S/C16H24ClNS/c1-16(2)8-4-5-11(10-16)18-13-6-3-7-14-12(13)9-15(17)19-14/h9,11,13,18H,3-8,10H2,1-2H3. The van der Waals surface area contributed by atoms with Crippen LogP contribution in [0.15, 0.2) is 6.07 Å². The van der Waals surface area contributed by atoms with Crippen molar-refractivity contribution in [3.05, 3.63) is 20.8 Å². The van der Waals surface area contributed by atoms with E-state index < -0.39 is 0 Å². The third kappa shape index (κ3) is 3.17. The van der Waals surface area contributed by atoms with Gasteiger partial charge in [0, 0.05) is 17.0 Å². The number of thiophene rings is 1. The maximum absolute atomic E-state index is 6.19. The van der Waals surface area contributed by atoms with Gasteiger partial charge in [0.05, 0.1) is 4.34 Å². The van der Waals surface area contributed by atoms with Gasteiger partial charge in [-0.3, -0.25) is 0 Å². The Bertz CT molecular complexity index is 452. The van der Waals surface area contributed by atoms with E-state index in [9.17, 15) is 0 Å². The van der Waals surface area contributed by atoms with Crippen molar-refractivity contribution < 1.29 is 0 Å². The molecule has 1 aromatic heterocycles. The predicted octanol–water partition coefficient (Wildman–Crippen LogP) is 5.34. The summed E-state index contributed by atoms with van der Waals surface area (Å²) in [5.74, 6) is 0. The SMILES string of the molecule is CC1(C)CCCC(NC2CCCc3sc(Cl)cc32)C1. The quantitative estimate of drug-likeness (QED) is 0.777. The van der Waals surface area contributed by atoms with E-state index in [1.165, 1.54) is 55.4 Å². The molecule has 0 radical (unpaired) electrons. The second kappa shape index (κ2) is 5.38. The monoisotopic (exact) mass is 297 g/mol. The maximum Gasteiger partial charge on any atom is 0.0934 e. The first kappa shape index (κ1) is 13.9. The van der Waals surface area contributed by atoms with Crippen LogP contribution in [-0.4, -0.2) is 6.04 Å². The molecule has 1 saturated carbocycles. The second-order valence-corrected chi connectivity index (χ2v) is 8.77. The van der Waals surface area contributed by atoms with Crippen molar-refractivity contribution in [3.63, 3.8) is 0 Å². The van der Waals surface area contributed by atoms with Crippen LogP contribution in [0, 0.1) is 5.41 Å². The Hall–Kier alpha value is -0.0500. The molecule has 1 heterocycles. The van der Waals surface area contributed by atoms with Crippen molar-refractivity contribution in [2.45, 2.75) is 70.9 Å². The molecule has 1 fully saturated rings. The Kier molecular flexibility index (Phi) is 3.94. The van der Waals surface area contributed by atoms with Gasteiger partial charge in [-0.25, -0.2) is 0 Å². The minimum absolute atomic E-state index is 0.514. The van der Waals surface area contributed by atoms with Crippen molar-refractivity contribution in [1.29, 1.82) is 0 Å². The van der Waals surface area contributed by atoms with E-state index in [-0.39, 0.29) is 0 Å². The van der Waals surface area contributed by atoms with Crippen LogP contribution in [-0.2, 0) is 6.42 Å². The van der Waals surface area contributed by atoms with Crippen molar-refractivity contribution in [1.82, 2.24) is 5.32 Å². The summed E-state index contributed by atoms with van der Waals surface area (Å²) in [5, 5.41) is 3.93. The molecule has 0 spiro atoms. The van der Waals surface area contributed by atoms with Gasteiger partial charge in [0.2, 0.25) is 0 Å². The van der Waals surface area contributed by atoms with E-state index in [2.05, 4.69) is 25.2 Å². The van der Waals surface area contributed by atoms with Crippen LogP contribution >= 0.6 is 22.9 Å². The molecule has 106 valence electrons. The van der Waals surface area contributed by atoms with Crippen molar-refractivity contribution >= 4 is 22.9 Å². The number of halogens is 1. The Morgan fingerprint density at radius 1 is 1.32 bits per heavy atom. The molecule has 1 aromatic rings. The van der Waals surface area contributed by atoms with E-state index in [1.54, 1.807) is 11.3 Å². The van der Waals surface area contributed by atoms with Crippen molar-refractivity contribution in [2.24, 2.45) is 5.41 Å².